The molecule has 1 aromatic heterocycles. The third-order valence-electron chi connectivity index (χ3n) is 6.19. The molecule has 0 saturated carbocycles. The Labute approximate surface area is 192 Å². The number of nitrogens with zero attached hydrogens (tertiary/aromatic N) is 1. The van der Waals surface area contributed by atoms with Gasteiger partial charge in [0.1, 0.15) is 11.6 Å². The summed E-state index contributed by atoms with van der Waals surface area (Å²) in [6.45, 7) is 3.84. The van der Waals surface area contributed by atoms with Crippen molar-refractivity contribution in [3.05, 3.63) is 129 Å². The number of benzene rings is 3. The van der Waals surface area contributed by atoms with E-state index >= 15 is 0 Å². The Morgan fingerprint density at radius 1 is 0.818 bits per heavy atom. The minimum atomic E-state index is -0.475. The van der Waals surface area contributed by atoms with Gasteiger partial charge >= 0.3 is 0 Å². The largest absolute Gasteiger partial charge is 0.344 e. The lowest BCUT2D eigenvalue weighted by atomic mass is 9.93. The predicted octanol–water partition coefficient (Wildman–Crippen LogP) is 5.70. The van der Waals surface area contributed by atoms with Crippen molar-refractivity contribution in [2.45, 2.75) is 32.9 Å². The number of nitrogens with two attached hydrogens (primary N) is 1. The summed E-state index contributed by atoms with van der Waals surface area (Å²) < 4.78 is 31.2. The van der Waals surface area contributed by atoms with E-state index in [9.17, 15) is 13.6 Å². The fraction of sp³-hybridized carbons (Fsp3) is 0.179. The highest BCUT2D eigenvalue weighted by Gasteiger charge is 2.22. The van der Waals surface area contributed by atoms with Crippen molar-refractivity contribution in [3.63, 3.8) is 0 Å². The first-order chi connectivity index (χ1) is 15.9. The van der Waals surface area contributed by atoms with Gasteiger partial charge in [-0.2, -0.15) is 0 Å². The van der Waals surface area contributed by atoms with Crippen LogP contribution in [-0.2, 0) is 13.0 Å². The summed E-state index contributed by atoms with van der Waals surface area (Å²) in [5, 5.41) is 0. The lowest BCUT2D eigenvalue weighted by molar-refractivity contribution is 0.590. The van der Waals surface area contributed by atoms with Gasteiger partial charge in [-0.05, 0) is 38.0 Å². The van der Waals surface area contributed by atoms with E-state index in [0.717, 1.165) is 5.56 Å². The minimum absolute atomic E-state index is 0.222. The van der Waals surface area contributed by atoms with Gasteiger partial charge in [-0.1, -0.05) is 66.7 Å². The van der Waals surface area contributed by atoms with E-state index in [-0.39, 0.29) is 35.3 Å². The van der Waals surface area contributed by atoms with Crippen molar-refractivity contribution < 1.29 is 8.78 Å². The first-order valence-electron chi connectivity index (χ1n) is 10.9. The van der Waals surface area contributed by atoms with E-state index in [1.54, 1.807) is 43.3 Å². The molecule has 0 bridgehead atoms. The number of rotatable bonds is 6. The molecule has 0 saturated heterocycles. The molecule has 0 fully saturated rings. The zero-order valence-electron chi connectivity index (χ0n) is 18.7. The van der Waals surface area contributed by atoms with Gasteiger partial charge in [0, 0.05) is 34.1 Å². The van der Waals surface area contributed by atoms with Crippen molar-refractivity contribution >= 4 is 0 Å². The van der Waals surface area contributed by atoms with Crippen molar-refractivity contribution in [3.8, 4) is 11.1 Å². The third kappa shape index (κ3) is 4.50. The molecule has 0 aliphatic heterocycles. The van der Waals surface area contributed by atoms with E-state index < -0.39 is 11.9 Å². The van der Waals surface area contributed by atoms with Gasteiger partial charge in [-0.15, -0.1) is 0 Å². The summed E-state index contributed by atoms with van der Waals surface area (Å²) >= 11 is 0. The molecule has 3 aromatic carbocycles. The SMILES string of the molecule is Cc1c(CC(N)c2ccccc2)c(=O)c(-c2ccccc2F)c(C)n1Cc1ccccc1F. The molecule has 0 amide bonds. The molecule has 4 aromatic rings. The number of hydrogen-bond donors (Lipinski definition) is 1. The second kappa shape index (κ2) is 9.51. The van der Waals surface area contributed by atoms with E-state index in [1.165, 1.54) is 12.1 Å². The Balaban J connectivity index is 1.92. The van der Waals surface area contributed by atoms with Gasteiger partial charge < -0.3 is 10.3 Å². The Morgan fingerprint density at radius 2 is 1.42 bits per heavy atom. The van der Waals surface area contributed by atoms with Crippen molar-refractivity contribution in [2.24, 2.45) is 5.73 Å². The fourth-order valence-electron chi connectivity index (χ4n) is 4.32. The standard InChI is InChI=1S/C28H26F2N2O/c1-18-23(16-26(31)20-10-4-3-5-11-20)28(33)27(22-13-7-9-15-25(22)30)19(2)32(18)17-21-12-6-8-14-24(21)29/h3-15,26H,16-17,31H2,1-2H3. The molecule has 33 heavy (non-hydrogen) atoms. The second-order valence-electron chi connectivity index (χ2n) is 8.23. The molecule has 1 atom stereocenters. The third-order valence-corrected chi connectivity index (χ3v) is 6.19. The van der Waals surface area contributed by atoms with Crippen LogP contribution in [0.2, 0.25) is 0 Å². The maximum atomic E-state index is 14.8. The van der Waals surface area contributed by atoms with E-state index in [4.69, 9.17) is 5.73 Å². The van der Waals surface area contributed by atoms with Crippen LogP contribution in [0.25, 0.3) is 11.1 Å². The maximum absolute atomic E-state index is 14.8. The Morgan fingerprint density at radius 3 is 2.09 bits per heavy atom. The summed E-state index contributed by atoms with van der Waals surface area (Å²) in [7, 11) is 0. The fourth-order valence-corrected chi connectivity index (χ4v) is 4.32. The molecule has 0 spiro atoms. The van der Waals surface area contributed by atoms with Crippen LogP contribution in [0.15, 0.2) is 83.7 Å². The average Bonchev–Trinajstić information content (AvgIpc) is 2.82. The smallest absolute Gasteiger partial charge is 0.193 e. The number of hydrogen-bond acceptors (Lipinski definition) is 2. The molecule has 0 radical (unpaired) electrons. The molecule has 0 aliphatic rings. The molecule has 1 heterocycles. The van der Waals surface area contributed by atoms with Crippen LogP contribution in [0.4, 0.5) is 8.78 Å². The van der Waals surface area contributed by atoms with Gasteiger partial charge in [0.15, 0.2) is 5.43 Å². The van der Waals surface area contributed by atoms with Crippen molar-refractivity contribution in [1.29, 1.82) is 0 Å². The lowest BCUT2D eigenvalue weighted by Gasteiger charge is -2.23. The first-order valence-corrected chi connectivity index (χ1v) is 10.9. The van der Waals surface area contributed by atoms with Gasteiger partial charge in [0.25, 0.3) is 0 Å². The maximum Gasteiger partial charge on any atom is 0.193 e. The van der Waals surface area contributed by atoms with Crippen LogP contribution >= 0.6 is 0 Å². The summed E-state index contributed by atoms with van der Waals surface area (Å²) in [5.41, 5.74) is 9.93. The minimum Gasteiger partial charge on any atom is -0.344 e. The highest BCUT2D eigenvalue weighted by Crippen LogP contribution is 2.27. The molecule has 1 unspecified atom stereocenters. The van der Waals surface area contributed by atoms with Crippen LogP contribution in [0.3, 0.4) is 0 Å². The first kappa shape index (κ1) is 22.6. The molecule has 2 N–H and O–H groups in total. The predicted molar refractivity (Wildman–Crippen MR) is 128 cm³/mol. The van der Waals surface area contributed by atoms with Crippen molar-refractivity contribution in [1.82, 2.24) is 4.57 Å². The van der Waals surface area contributed by atoms with E-state index in [1.807, 2.05) is 41.8 Å². The average molecular weight is 445 g/mol. The summed E-state index contributed by atoms with van der Waals surface area (Å²) in [4.78, 5) is 13.7. The number of pyridine rings is 1. The van der Waals surface area contributed by atoms with Crippen LogP contribution in [0.5, 0.6) is 0 Å². The van der Waals surface area contributed by atoms with Gasteiger partial charge in [0.2, 0.25) is 0 Å². The van der Waals surface area contributed by atoms with Crippen molar-refractivity contribution in [2.75, 3.05) is 0 Å². The summed E-state index contributed by atoms with van der Waals surface area (Å²) in [6, 6.07) is 21.9. The van der Waals surface area contributed by atoms with E-state index in [2.05, 4.69) is 0 Å². The highest BCUT2D eigenvalue weighted by molar-refractivity contribution is 5.68. The van der Waals surface area contributed by atoms with Crippen LogP contribution in [0, 0.1) is 25.5 Å². The molecule has 5 heteroatoms. The topological polar surface area (TPSA) is 48.0 Å². The Kier molecular flexibility index (Phi) is 6.52. The molecule has 168 valence electrons. The van der Waals surface area contributed by atoms with Gasteiger partial charge in [0.05, 0.1) is 12.1 Å². The quantitative estimate of drug-likeness (QED) is 0.415. The zero-order valence-corrected chi connectivity index (χ0v) is 18.7. The second-order valence-corrected chi connectivity index (χ2v) is 8.23. The zero-order chi connectivity index (χ0) is 23.5. The molecular weight excluding hydrogens is 418 g/mol. The number of aromatic nitrogens is 1. The summed E-state index contributed by atoms with van der Waals surface area (Å²) in [6.07, 6.45) is 0.285. The molecular formula is C28H26F2N2O. The molecule has 0 aliphatic carbocycles. The monoisotopic (exact) mass is 444 g/mol. The van der Waals surface area contributed by atoms with Gasteiger partial charge in [-0.25, -0.2) is 8.78 Å². The van der Waals surface area contributed by atoms with E-state index in [0.29, 0.717) is 22.5 Å². The molecule has 4 rings (SSSR count). The highest BCUT2D eigenvalue weighted by atomic mass is 19.1. The van der Waals surface area contributed by atoms with Crippen LogP contribution in [0.1, 0.15) is 34.1 Å². The van der Waals surface area contributed by atoms with Crippen LogP contribution in [-0.4, -0.2) is 4.57 Å². The van der Waals surface area contributed by atoms with Crippen LogP contribution < -0.4 is 11.2 Å². The molecule has 3 nitrogen and oxygen atoms in total. The Hall–Kier alpha value is -3.57. The number of halogens is 2. The lowest BCUT2D eigenvalue weighted by Crippen LogP contribution is -2.27. The summed E-state index contributed by atoms with van der Waals surface area (Å²) in [5.74, 6) is -0.803. The van der Waals surface area contributed by atoms with Gasteiger partial charge in [-0.3, -0.25) is 4.79 Å². The normalized spacial score (nSPS) is 12.0. The Bertz CT molecular complexity index is 1350.